The lowest BCUT2D eigenvalue weighted by Gasteiger charge is -2.15. The summed E-state index contributed by atoms with van der Waals surface area (Å²) >= 11 is 3.38. The first-order valence-corrected chi connectivity index (χ1v) is 18.7. The Kier molecular flexibility index (Phi) is 19.6. The quantitative estimate of drug-likeness (QED) is 0.0879. The predicted octanol–water partition coefficient (Wildman–Crippen LogP) is 4.02. The molecule has 0 aliphatic heterocycles. The van der Waals surface area contributed by atoms with Gasteiger partial charge in [-0.15, -0.1) is 0 Å². The molecule has 0 heterocycles. The normalized spacial score (nSPS) is 12.4. The Morgan fingerprint density at radius 1 is 0.781 bits per heavy atom. The fourth-order valence-corrected chi connectivity index (χ4v) is 10.1. The molecule has 0 aromatic heterocycles. The average molecular weight is 552 g/mol. The van der Waals surface area contributed by atoms with Crippen molar-refractivity contribution >= 4 is 58.5 Å². The van der Waals surface area contributed by atoms with Gasteiger partial charge in [0.25, 0.3) is 20.2 Å². The second-order valence-electron chi connectivity index (χ2n) is 7.54. The molecule has 0 bridgehead atoms. The lowest BCUT2D eigenvalue weighted by atomic mass is 10.2. The summed E-state index contributed by atoms with van der Waals surface area (Å²) in [6.45, 7) is 2.54. The third kappa shape index (κ3) is 24.8. The number of unbranched alkanes of at least 4 members (excludes halogenated alkanes) is 2. The van der Waals surface area contributed by atoms with Crippen LogP contribution < -0.4 is 0 Å². The summed E-state index contributed by atoms with van der Waals surface area (Å²) in [5.41, 5.74) is 0. The summed E-state index contributed by atoms with van der Waals surface area (Å²) in [6.07, 6.45) is 5.16. The minimum atomic E-state index is -3.89. The highest BCUT2D eigenvalue weighted by Gasteiger charge is 2.13. The SMILES string of the molecule is CCCCCC(=O)OCCC[Si](CCSCCCS(=O)(=O)O)CCSCCCS(=O)(=O)O. The van der Waals surface area contributed by atoms with E-state index in [1.54, 1.807) is 23.5 Å². The van der Waals surface area contributed by atoms with Crippen LogP contribution in [0.25, 0.3) is 0 Å². The van der Waals surface area contributed by atoms with E-state index >= 15 is 0 Å². The van der Waals surface area contributed by atoms with E-state index in [-0.39, 0.29) is 17.5 Å². The second-order valence-corrected chi connectivity index (χ2v) is 16.1. The molecule has 0 saturated heterocycles. The summed E-state index contributed by atoms with van der Waals surface area (Å²) in [7, 11) is -8.44. The maximum atomic E-state index is 11.7. The number of rotatable bonds is 22. The van der Waals surface area contributed by atoms with Crippen LogP contribution in [-0.2, 0) is 29.8 Å². The van der Waals surface area contributed by atoms with Gasteiger partial charge in [0, 0.05) is 15.2 Å². The first kappa shape index (κ1) is 32.2. The van der Waals surface area contributed by atoms with Gasteiger partial charge in [0.1, 0.15) is 0 Å². The molecule has 0 aromatic rings. The topological polar surface area (TPSA) is 135 Å². The molecular formula is C19H39O8S4Si. The van der Waals surface area contributed by atoms with E-state index in [9.17, 15) is 21.6 Å². The van der Waals surface area contributed by atoms with Crippen molar-refractivity contribution in [1.82, 2.24) is 0 Å². The number of hydrogen-bond donors (Lipinski definition) is 2. The van der Waals surface area contributed by atoms with Crippen molar-refractivity contribution in [3.63, 3.8) is 0 Å². The van der Waals surface area contributed by atoms with Crippen molar-refractivity contribution in [2.45, 2.75) is 70.0 Å². The van der Waals surface area contributed by atoms with Crippen LogP contribution in [0.4, 0.5) is 0 Å². The Balaban J connectivity index is 4.15. The maximum absolute atomic E-state index is 11.7. The largest absolute Gasteiger partial charge is 0.466 e. The van der Waals surface area contributed by atoms with Gasteiger partial charge in [-0.25, -0.2) is 0 Å². The molecule has 0 fully saturated rings. The van der Waals surface area contributed by atoms with Gasteiger partial charge in [0.2, 0.25) is 0 Å². The Morgan fingerprint density at radius 3 is 1.78 bits per heavy atom. The van der Waals surface area contributed by atoms with E-state index < -0.39 is 29.0 Å². The minimum absolute atomic E-state index is 0.129. The highest BCUT2D eigenvalue weighted by atomic mass is 32.2. The maximum Gasteiger partial charge on any atom is 0.305 e. The zero-order valence-corrected chi connectivity index (χ0v) is 23.3. The van der Waals surface area contributed by atoms with Crippen molar-refractivity contribution < 1.29 is 35.5 Å². The van der Waals surface area contributed by atoms with E-state index in [4.69, 9.17) is 13.8 Å². The number of ether oxygens (including phenoxy) is 1. The first-order chi connectivity index (χ1) is 15.0. The van der Waals surface area contributed by atoms with E-state index in [0.717, 1.165) is 55.3 Å². The third-order valence-electron chi connectivity index (χ3n) is 4.50. The predicted molar refractivity (Wildman–Crippen MR) is 137 cm³/mol. The lowest BCUT2D eigenvalue weighted by Crippen LogP contribution is -2.16. The molecule has 8 nitrogen and oxygen atoms in total. The summed E-state index contributed by atoms with van der Waals surface area (Å²) in [4.78, 5) is 11.7. The smallest absolute Gasteiger partial charge is 0.305 e. The number of hydrogen-bond acceptors (Lipinski definition) is 8. The molecule has 2 N–H and O–H groups in total. The molecule has 0 aliphatic rings. The van der Waals surface area contributed by atoms with Crippen molar-refractivity contribution in [2.75, 3.05) is 41.1 Å². The molecular weight excluding hydrogens is 513 g/mol. The van der Waals surface area contributed by atoms with Gasteiger partial charge in [-0.3, -0.25) is 13.9 Å². The minimum Gasteiger partial charge on any atom is -0.466 e. The molecule has 13 heteroatoms. The number of thioether (sulfide) groups is 2. The van der Waals surface area contributed by atoms with Gasteiger partial charge < -0.3 is 4.74 Å². The molecule has 0 rings (SSSR count). The van der Waals surface area contributed by atoms with Crippen LogP contribution in [0.5, 0.6) is 0 Å². The van der Waals surface area contributed by atoms with Crippen LogP contribution in [0.2, 0.25) is 18.1 Å². The highest BCUT2D eigenvalue weighted by molar-refractivity contribution is 7.99. The van der Waals surface area contributed by atoms with Gasteiger partial charge in [0.15, 0.2) is 0 Å². The standard InChI is InChI=1S/C19H39O8S4Si/c1-2-3-4-8-19(20)27-9-5-16-32(17-12-28-10-6-14-30(21,22)23)18-13-29-11-7-15-31(24,25)26/h2-18H2,1H3,(H,21,22,23)(H,24,25,26). The van der Waals surface area contributed by atoms with Crippen LogP contribution in [0.15, 0.2) is 0 Å². The van der Waals surface area contributed by atoms with Crippen molar-refractivity contribution in [1.29, 1.82) is 0 Å². The van der Waals surface area contributed by atoms with Crippen LogP contribution in [0, 0.1) is 0 Å². The first-order valence-electron chi connectivity index (χ1n) is 11.1. The Labute approximate surface area is 204 Å². The molecule has 0 aliphatic carbocycles. The van der Waals surface area contributed by atoms with E-state index in [1.807, 2.05) is 0 Å². The molecule has 0 atom stereocenters. The summed E-state index contributed by atoms with van der Waals surface area (Å²) < 4.78 is 65.9. The zero-order chi connectivity index (χ0) is 24.3. The molecule has 0 amide bonds. The number of carbonyl (C=O) groups is 1. The van der Waals surface area contributed by atoms with E-state index in [1.165, 1.54) is 0 Å². The van der Waals surface area contributed by atoms with Crippen LogP contribution >= 0.6 is 23.5 Å². The Bertz CT molecular complexity index is 641. The van der Waals surface area contributed by atoms with Crippen molar-refractivity contribution in [3.05, 3.63) is 0 Å². The van der Waals surface area contributed by atoms with E-state index in [2.05, 4.69) is 6.92 Å². The van der Waals surface area contributed by atoms with Gasteiger partial charge in [-0.2, -0.15) is 40.4 Å². The van der Waals surface area contributed by atoms with Crippen LogP contribution in [-0.4, -0.2) is 81.8 Å². The molecule has 0 spiro atoms. The molecule has 1 radical (unpaired) electrons. The molecule has 32 heavy (non-hydrogen) atoms. The highest BCUT2D eigenvalue weighted by Crippen LogP contribution is 2.18. The molecule has 0 aromatic carbocycles. The lowest BCUT2D eigenvalue weighted by molar-refractivity contribution is -0.143. The zero-order valence-electron chi connectivity index (χ0n) is 19.0. The van der Waals surface area contributed by atoms with Crippen molar-refractivity contribution in [2.24, 2.45) is 0 Å². The monoisotopic (exact) mass is 551 g/mol. The summed E-state index contributed by atoms with van der Waals surface area (Å²) in [5.74, 6) is 2.71. The second kappa shape index (κ2) is 19.5. The Morgan fingerprint density at radius 2 is 1.31 bits per heavy atom. The van der Waals surface area contributed by atoms with Crippen LogP contribution in [0.1, 0.15) is 51.9 Å². The number of esters is 1. The molecule has 0 unspecified atom stereocenters. The van der Waals surface area contributed by atoms with Crippen LogP contribution in [0.3, 0.4) is 0 Å². The van der Waals surface area contributed by atoms with Gasteiger partial charge in [0.05, 0.1) is 18.1 Å². The third-order valence-corrected chi connectivity index (χ3v) is 12.0. The fraction of sp³-hybridized carbons (Fsp3) is 0.947. The summed E-state index contributed by atoms with van der Waals surface area (Å²) in [5, 5.41) is 0. The van der Waals surface area contributed by atoms with Gasteiger partial charge in [-0.05, 0) is 60.8 Å². The Hall–Kier alpha value is 0.207. The average Bonchev–Trinajstić information content (AvgIpc) is 2.68. The van der Waals surface area contributed by atoms with Gasteiger partial charge in [-0.1, -0.05) is 25.8 Å². The molecule has 0 saturated carbocycles. The summed E-state index contributed by atoms with van der Waals surface area (Å²) in [6, 6.07) is 3.17. The molecule has 191 valence electrons. The fourth-order valence-electron chi connectivity index (χ4n) is 2.80. The van der Waals surface area contributed by atoms with Gasteiger partial charge >= 0.3 is 5.97 Å². The number of carbonyl (C=O) groups excluding carboxylic acids is 1. The van der Waals surface area contributed by atoms with Crippen molar-refractivity contribution in [3.8, 4) is 0 Å². The van der Waals surface area contributed by atoms with E-state index in [0.29, 0.717) is 37.4 Å².